The third kappa shape index (κ3) is 3.47. The molecule has 104 valence electrons. The summed E-state index contributed by atoms with van der Waals surface area (Å²) < 4.78 is 1.95. The first kappa shape index (κ1) is 13.9. The third-order valence-corrected chi connectivity index (χ3v) is 2.93. The highest BCUT2D eigenvalue weighted by Gasteiger charge is 2.07. The topological polar surface area (TPSA) is 63.1 Å². The van der Waals surface area contributed by atoms with Gasteiger partial charge in [0.25, 0.3) is 5.91 Å². The lowest BCUT2D eigenvalue weighted by atomic mass is 10.2. The van der Waals surface area contributed by atoms with E-state index >= 15 is 0 Å². The van der Waals surface area contributed by atoms with Gasteiger partial charge in [0.05, 0.1) is 6.54 Å². The number of rotatable bonds is 4. The largest absolute Gasteiger partial charge is 0.353 e. The van der Waals surface area contributed by atoms with E-state index in [2.05, 4.69) is 10.6 Å². The van der Waals surface area contributed by atoms with E-state index in [0.717, 1.165) is 5.69 Å². The highest BCUT2D eigenvalue weighted by molar-refractivity contribution is 5.96. The number of benzene rings is 1. The van der Waals surface area contributed by atoms with Crippen molar-refractivity contribution in [3.8, 4) is 0 Å². The van der Waals surface area contributed by atoms with Crippen LogP contribution in [0.2, 0.25) is 0 Å². The number of aromatic nitrogens is 1. The smallest absolute Gasteiger partial charge is 0.251 e. The summed E-state index contributed by atoms with van der Waals surface area (Å²) in [7, 11) is 1.93. The second kappa shape index (κ2) is 6.06. The van der Waals surface area contributed by atoms with Gasteiger partial charge >= 0.3 is 0 Å². The first-order valence-electron chi connectivity index (χ1n) is 6.32. The zero-order chi connectivity index (χ0) is 14.5. The van der Waals surface area contributed by atoms with Crippen LogP contribution < -0.4 is 10.6 Å². The third-order valence-electron chi connectivity index (χ3n) is 2.93. The van der Waals surface area contributed by atoms with Gasteiger partial charge in [0.1, 0.15) is 0 Å². The van der Waals surface area contributed by atoms with Gasteiger partial charge in [0, 0.05) is 37.1 Å². The summed E-state index contributed by atoms with van der Waals surface area (Å²) in [6, 6.07) is 10.7. The Morgan fingerprint density at radius 2 is 2.00 bits per heavy atom. The molecule has 2 amide bonds. The van der Waals surface area contributed by atoms with Crippen LogP contribution in [0.1, 0.15) is 23.0 Å². The Morgan fingerprint density at radius 1 is 1.20 bits per heavy atom. The van der Waals surface area contributed by atoms with Gasteiger partial charge in [-0.05, 0) is 30.3 Å². The molecular formula is C15H17N3O2. The number of carbonyl (C=O) groups is 2. The van der Waals surface area contributed by atoms with Crippen LogP contribution in [0.25, 0.3) is 0 Å². The van der Waals surface area contributed by atoms with E-state index in [1.54, 1.807) is 24.3 Å². The van der Waals surface area contributed by atoms with Gasteiger partial charge in [-0.3, -0.25) is 9.59 Å². The first-order valence-corrected chi connectivity index (χ1v) is 6.32. The molecule has 5 heteroatoms. The first-order chi connectivity index (χ1) is 9.56. The van der Waals surface area contributed by atoms with Crippen molar-refractivity contribution in [3.05, 3.63) is 53.9 Å². The summed E-state index contributed by atoms with van der Waals surface area (Å²) in [4.78, 5) is 23.1. The molecule has 0 fully saturated rings. The standard InChI is InChI=1S/C15H17N3O2/c1-11(19)17-13-6-3-5-12(9-13)15(20)16-10-14-7-4-8-18(14)2/h3-9H,10H2,1-2H3,(H,16,20)(H,17,19). The van der Waals surface area contributed by atoms with Crippen LogP contribution in [-0.2, 0) is 18.4 Å². The number of nitrogens with zero attached hydrogens (tertiary/aromatic N) is 1. The van der Waals surface area contributed by atoms with Gasteiger partial charge in [0.2, 0.25) is 5.91 Å². The second-order valence-corrected chi connectivity index (χ2v) is 4.56. The summed E-state index contributed by atoms with van der Waals surface area (Å²) in [5.74, 6) is -0.329. The minimum Gasteiger partial charge on any atom is -0.353 e. The molecule has 0 saturated heterocycles. The lowest BCUT2D eigenvalue weighted by Crippen LogP contribution is -2.24. The zero-order valence-electron chi connectivity index (χ0n) is 11.5. The molecule has 0 atom stereocenters. The van der Waals surface area contributed by atoms with Crippen LogP contribution in [0, 0.1) is 0 Å². The summed E-state index contributed by atoms with van der Waals surface area (Å²) in [5, 5.41) is 5.51. The van der Waals surface area contributed by atoms with E-state index in [1.807, 2.05) is 29.9 Å². The van der Waals surface area contributed by atoms with E-state index < -0.39 is 0 Å². The molecule has 0 aliphatic heterocycles. The minimum atomic E-state index is -0.168. The number of carbonyl (C=O) groups excluding carboxylic acids is 2. The molecular weight excluding hydrogens is 254 g/mol. The van der Waals surface area contributed by atoms with E-state index in [-0.39, 0.29) is 11.8 Å². The Kier molecular flexibility index (Phi) is 4.20. The van der Waals surface area contributed by atoms with Crippen LogP contribution in [0.3, 0.4) is 0 Å². The maximum Gasteiger partial charge on any atom is 0.251 e. The SMILES string of the molecule is CC(=O)Nc1cccc(C(=O)NCc2cccn2C)c1. The predicted octanol–water partition coefficient (Wildman–Crippen LogP) is 1.91. The van der Waals surface area contributed by atoms with Crippen LogP contribution in [0.5, 0.6) is 0 Å². The van der Waals surface area contributed by atoms with Crippen molar-refractivity contribution < 1.29 is 9.59 Å². The van der Waals surface area contributed by atoms with Gasteiger partial charge in [-0.1, -0.05) is 6.07 Å². The quantitative estimate of drug-likeness (QED) is 0.892. The van der Waals surface area contributed by atoms with Gasteiger partial charge < -0.3 is 15.2 Å². The Hall–Kier alpha value is -2.56. The number of amides is 2. The van der Waals surface area contributed by atoms with Crippen molar-refractivity contribution in [3.63, 3.8) is 0 Å². The lowest BCUT2D eigenvalue weighted by Gasteiger charge is -2.08. The molecule has 1 aromatic heterocycles. The highest BCUT2D eigenvalue weighted by atomic mass is 16.2. The number of aryl methyl sites for hydroxylation is 1. The molecule has 0 radical (unpaired) electrons. The summed E-state index contributed by atoms with van der Waals surface area (Å²) >= 11 is 0. The molecule has 0 saturated carbocycles. The van der Waals surface area contributed by atoms with Crippen molar-refractivity contribution in [2.75, 3.05) is 5.32 Å². The average Bonchev–Trinajstić information content (AvgIpc) is 2.81. The molecule has 0 bridgehead atoms. The fourth-order valence-electron chi connectivity index (χ4n) is 1.89. The monoisotopic (exact) mass is 271 g/mol. The molecule has 1 aromatic carbocycles. The van der Waals surface area contributed by atoms with E-state index in [9.17, 15) is 9.59 Å². The van der Waals surface area contributed by atoms with Crippen LogP contribution in [0.15, 0.2) is 42.6 Å². The Morgan fingerprint density at radius 3 is 2.65 bits per heavy atom. The summed E-state index contributed by atoms with van der Waals surface area (Å²) in [5.41, 5.74) is 2.16. The van der Waals surface area contributed by atoms with Gasteiger partial charge in [-0.2, -0.15) is 0 Å². The number of hydrogen-bond donors (Lipinski definition) is 2. The van der Waals surface area contributed by atoms with Crippen LogP contribution in [0.4, 0.5) is 5.69 Å². The molecule has 0 aliphatic rings. The van der Waals surface area contributed by atoms with Gasteiger partial charge in [-0.15, -0.1) is 0 Å². The normalized spacial score (nSPS) is 10.1. The fourth-order valence-corrected chi connectivity index (χ4v) is 1.89. The molecule has 0 unspecified atom stereocenters. The Labute approximate surface area is 117 Å². The van der Waals surface area contributed by atoms with Crippen molar-refractivity contribution >= 4 is 17.5 Å². The molecule has 0 spiro atoms. The Balaban J connectivity index is 2.02. The minimum absolute atomic E-state index is 0.161. The second-order valence-electron chi connectivity index (χ2n) is 4.56. The number of nitrogens with one attached hydrogen (secondary N) is 2. The average molecular weight is 271 g/mol. The molecule has 20 heavy (non-hydrogen) atoms. The van der Waals surface area contributed by atoms with Gasteiger partial charge in [-0.25, -0.2) is 0 Å². The van der Waals surface area contributed by atoms with E-state index in [1.165, 1.54) is 6.92 Å². The van der Waals surface area contributed by atoms with Crippen molar-refractivity contribution in [1.29, 1.82) is 0 Å². The molecule has 2 N–H and O–H groups in total. The van der Waals surface area contributed by atoms with E-state index in [4.69, 9.17) is 0 Å². The summed E-state index contributed by atoms with van der Waals surface area (Å²) in [6.45, 7) is 1.90. The molecule has 2 rings (SSSR count). The maximum atomic E-state index is 12.1. The molecule has 5 nitrogen and oxygen atoms in total. The number of hydrogen-bond acceptors (Lipinski definition) is 2. The summed E-state index contributed by atoms with van der Waals surface area (Å²) in [6.07, 6.45) is 1.93. The fraction of sp³-hybridized carbons (Fsp3) is 0.200. The molecule has 1 heterocycles. The molecule has 2 aromatic rings. The predicted molar refractivity (Wildman–Crippen MR) is 77.3 cm³/mol. The number of anilines is 1. The Bertz CT molecular complexity index is 632. The molecule has 0 aliphatic carbocycles. The lowest BCUT2D eigenvalue weighted by molar-refractivity contribution is -0.114. The van der Waals surface area contributed by atoms with Crippen molar-refractivity contribution in [2.45, 2.75) is 13.5 Å². The van der Waals surface area contributed by atoms with Crippen molar-refractivity contribution in [2.24, 2.45) is 7.05 Å². The van der Waals surface area contributed by atoms with Crippen LogP contribution >= 0.6 is 0 Å². The van der Waals surface area contributed by atoms with E-state index in [0.29, 0.717) is 17.8 Å². The van der Waals surface area contributed by atoms with Crippen molar-refractivity contribution in [1.82, 2.24) is 9.88 Å². The zero-order valence-corrected chi connectivity index (χ0v) is 11.5. The highest BCUT2D eigenvalue weighted by Crippen LogP contribution is 2.10. The maximum absolute atomic E-state index is 12.1. The van der Waals surface area contributed by atoms with Gasteiger partial charge in [0.15, 0.2) is 0 Å². The van der Waals surface area contributed by atoms with Crippen LogP contribution in [-0.4, -0.2) is 16.4 Å².